The fourth-order valence-corrected chi connectivity index (χ4v) is 7.94. The van der Waals surface area contributed by atoms with Crippen molar-refractivity contribution in [3.8, 4) is 0 Å². The van der Waals surface area contributed by atoms with Gasteiger partial charge in [0.25, 0.3) is 23.5 Å². The zero-order valence-corrected chi connectivity index (χ0v) is 34.9. The smallest absolute Gasteiger partial charge is 0.294 e. The van der Waals surface area contributed by atoms with E-state index in [1.54, 1.807) is 30.9 Å². The van der Waals surface area contributed by atoms with Gasteiger partial charge in [-0.2, -0.15) is 0 Å². The number of nitrogens with zero attached hydrogens (tertiary/aromatic N) is 5. The lowest BCUT2D eigenvalue weighted by molar-refractivity contribution is -0.124. The first-order chi connectivity index (χ1) is 26.9. The van der Waals surface area contributed by atoms with E-state index < -0.39 is 11.7 Å². The average Bonchev–Trinajstić information content (AvgIpc) is 3.66. The van der Waals surface area contributed by atoms with Crippen LogP contribution in [-0.4, -0.2) is 122 Å². The first kappa shape index (κ1) is 43.0. The van der Waals surface area contributed by atoms with Gasteiger partial charge in [0, 0.05) is 100 Å². The summed E-state index contributed by atoms with van der Waals surface area (Å²) in [7, 11) is 3.03. The third kappa shape index (κ3) is 9.88. The van der Waals surface area contributed by atoms with Gasteiger partial charge in [-0.15, -0.1) is 0 Å². The molecule has 2 fully saturated rings. The number of benzene rings is 2. The van der Waals surface area contributed by atoms with Crippen molar-refractivity contribution in [2.24, 2.45) is 0 Å². The minimum absolute atomic E-state index is 0.0723. The van der Waals surface area contributed by atoms with E-state index in [4.69, 9.17) is 0 Å². The Bertz CT molecular complexity index is 2070. The molecule has 4 heterocycles. The average molecular weight is 786 g/mol. The van der Waals surface area contributed by atoms with Gasteiger partial charge in [-0.25, -0.2) is 8.78 Å². The van der Waals surface area contributed by atoms with Gasteiger partial charge < -0.3 is 24.7 Å². The summed E-state index contributed by atoms with van der Waals surface area (Å²) in [4.78, 5) is 67.5. The molecule has 6 rings (SSSR count). The molecule has 4 atom stereocenters. The number of Topliss-reactive ketones (excluding diaryl/α,β-unsaturated/α-hetero) is 1. The number of amides is 3. The fraction of sp³-hybridized carbons (Fsp3) is 0.455. The van der Waals surface area contributed by atoms with Crippen LogP contribution in [0.2, 0.25) is 0 Å². The van der Waals surface area contributed by atoms with Crippen LogP contribution in [-0.2, 0) is 17.9 Å². The Labute approximate surface area is 335 Å². The topological polar surface area (TPSA) is 116 Å². The van der Waals surface area contributed by atoms with Gasteiger partial charge in [0.05, 0.1) is 16.7 Å². The Morgan fingerprint density at radius 2 is 1.05 bits per heavy atom. The number of halogens is 2. The highest BCUT2D eigenvalue weighted by Crippen LogP contribution is 2.27. The zero-order valence-electron chi connectivity index (χ0n) is 34.9. The number of hydrogen-bond acceptors (Lipinski definition) is 6. The Morgan fingerprint density at radius 1 is 0.614 bits per heavy atom. The predicted octanol–water partition coefficient (Wildman–Crippen LogP) is 6.28. The lowest BCUT2D eigenvalue weighted by atomic mass is 10.00. The van der Waals surface area contributed by atoms with E-state index >= 15 is 0 Å². The van der Waals surface area contributed by atoms with Crippen molar-refractivity contribution in [1.29, 1.82) is 0 Å². The summed E-state index contributed by atoms with van der Waals surface area (Å²) in [5.74, 6) is -1.97. The number of ketones is 1. The summed E-state index contributed by atoms with van der Waals surface area (Å²) < 4.78 is 26.3. The number of rotatable bonds is 8. The largest absolute Gasteiger partial charge is 0.362 e. The molecule has 13 heteroatoms. The number of aromatic amines is 2. The van der Waals surface area contributed by atoms with Crippen molar-refractivity contribution >= 4 is 23.5 Å². The molecule has 306 valence electrons. The van der Waals surface area contributed by atoms with Crippen LogP contribution in [0.3, 0.4) is 0 Å². The van der Waals surface area contributed by atoms with Crippen molar-refractivity contribution in [2.75, 3.05) is 40.3 Å². The van der Waals surface area contributed by atoms with Crippen molar-refractivity contribution in [3.63, 3.8) is 0 Å². The van der Waals surface area contributed by atoms with Crippen LogP contribution >= 0.6 is 0 Å². The Kier molecular flexibility index (Phi) is 13.6. The lowest BCUT2D eigenvalue weighted by Gasteiger charge is -2.44. The highest BCUT2D eigenvalue weighted by atomic mass is 19.1. The highest BCUT2D eigenvalue weighted by molar-refractivity contribution is 6.44. The second-order valence-corrected chi connectivity index (χ2v) is 16.1. The quantitative estimate of drug-likeness (QED) is 0.161. The molecule has 4 aromatic rings. The molecule has 0 saturated carbocycles. The predicted molar refractivity (Wildman–Crippen MR) is 217 cm³/mol. The van der Waals surface area contributed by atoms with E-state index in [0.29, 0.717) is 37.6 Å². The molecule has 2 N–H and O–H groups in total. The maximum absolute atomic E-state index is 13.6. The van der Waals surface area contributed by atoms with Crippen LogP contribution in [0, 0.1) is 39.3 Å². The number of carbonyl (C=O) groups is 4. The zero-order chi connectivity index (χ0) is 41.9. The van der Waals surface area contributed by atoms with Gasteiger partial charge in [0.2, 0.25) is 0 Å². The molecule has 0 radical (unpaired) electrons. The maximum atomic E-state index is 13.6. The van der Waals surface area contributed by atoms with Crippen LogP contribution in [0.25, 0.3) is 0 Å². The summed E-state index contributed by atoms with van der Waals surface area (Å²) in [6.07, 6.45) is 0. The van der Waals surface area contributed by atoms with Crippen LogP contribution in [0.15, 0.2) is 54.6 Å². The van der Waals surface area contributed by atoms with Crippen molar-refractivity contribution in [2.45, 2.75) is 92.6 Å². The normalized spacial score (nSPS) is 20.2. The molecule has 2 saturated heterocycles. The van der Waals surface area contributed by atoms with Gasteiger partial charge in [-0.1, -0.05) is 24.3 Å². The molecule has 2 aromatic heterocycles. The highest BCUT2D eigenvalue weighted by Gasteiger charge is 2.37. The van der Waals surface area contributed by atoms with Crippen LogP contribution in [0.5, 0.6) is 0 Å². The standard InChI is InChI=1S/C24H31FN4O3.C20H26FN3O/c1-14-12-29(15(2)11-28(14)13-18-7-9-19(25)10-8-18)23(31)21-17(4)26-16(3)20(21)22(30)24(32)27(5)6;1-13-9-19(16(4)22-13)20(25)24-11-14(2)23(10-15(24)3)12-17-5-7-18(21)8-6-17/h7-10,14-15,26H,11-13H2,1-6H3;5-9,14-15,22H,10-12H2,1-4H3/t2*14-,15+/m00/s1. The second-order valence-electron chi connectivity index (χ2n) is 16.1. The van der Waals surface area contributed by atoms with Gasteiger partial charge >= 0.3 is 0 Å². The molecular weight excluding hydrogens is 729 g/mol. The minimum Gasteiger partial charge on any atom is -0.362 e. The summed E-state index contributed by atoms with van der Waals surface area (Å²) >= 11 is 0. The number of nitrogens with one attached hydrogen (secondary N) is 2. The molecule has 0 spiro atoms. The number of H-pyrrole nitrogens is 2. The van der Waals surface area contributed by atoms with Crippen molar-refractivity contribution in [1.82, 2.24) is 34.5 Å². The maximum Gasteiger partial charge on any atom is 0.294 e. The van der Waals surface area contributed by atoms with E-state index in [1.807, 2.05) is 50.8 Å². The first-order valence-corrected chi connectivity index (χ1v) is 19.6. The van der Waals surface area contributed by atoms with E-state index in [0.717, 1.165) is 41.2 Å². The molecule has 0 aliphatic carbocycles. The van der Waals surface area contributed by atoms with Crippen molar-refractivity contribution < 1.29 is 28.0 Å². The molecule has 2 aromatic carbocycles. The summed E-state index contributed by atoms with van der Waals surface area (Å²) in [5.41, 5.74) is 6.33. The van der Waals surface area contributed by atoms with Gasteiger partial charge in [0.15, 0.2) is 0 Å². The molecular formula is C44H57F2N7O4. The first-order valence-electron chi connectivity index (χ1n) is 19.6. The molecule has 3 amide bonds. The summed E-state index contributed by atoms with van der Waals surface area (Å²) in [6, 6.07) is 15.4. The van der Waals surface area contributed by atoms with Gasteiger partial charge in [-0.05, 0) is 96.8 Å². The molecule has 2 aliphatic rings. The number of hydrogen-bond donors (Lipinski definition) is 2. The number of carbonyl (C=O) groups excluding carboxylic acids is 4. The third-order valence-corrected chi connectivity index (χ3v) is 11.1. The molecule has 0 unspecified atom stereocenters. The summed E-state index contributed by atoms with van der Waals surface area (Å²) in [6.45, 7) is 19.7. The summed E-state index contributed by atoms with van der Waals surface area (Å²) in [5, 5.41) is 0. The molecule has 57 heavy (non-hydrogen) atoms. The molecule has 2 aliphatic heterocycles. The van der Waals surface area contributed by atoms with Crippen LogP contribution in [0.4, 0.5) is 8.78 Å². The van der Waals surface area contributed by atoms with Gasteiger partial charge in [0.1, 0.15) is 11.6 Å². The van der Waals surface area contributed by atoms with Crippen LogP contribution < -0.4 is 0 Å². The number of aromatic nitrogens is 2. The molecule has 0 bridgehead atoms. The van der Waals surface area contributed by atoms with E-state index in [-0.39, 0.29) is 58.7 Å². The Morgan fingerprint density at radius 3 is 1.47 bits per heavy atom. The van der Waals surface area contributed by atoms with E-state index in [1.165, 1.54) is 43.3 Å². The van der Waals surface area contributed by atoms with E-state index in [9.17, 15) is 28.0 Å². The van der Waals surface area contributed by atoms with E-state index in [2.05, 4.69) is 33.6 Å². The Hall–Kier alpha value is -5.14. The lowest BCUT2D eigenvalue weighted by Crippen LogP contribution is -2.57. The van der Waals surface area contributed by atoms with Crippen molar-refractivity contribution in [3.05, 3.63) is 117 Å². The van der Waals surface area contributed by atoms with Gasteiger partial charge in [-0.3, -0.25) is 29.0 Å². The van der Waals surface area contributed by atoms with Crippen LogP contribution in [0.1, 0.15) is 92.7 Å². The second kappa shape index (κ2) is 18.0. The third-order valence-electron chi connectivity index (χ3n) is 11.1. The number of likely N-dealkylation sites (N-methyl/N-ethyl adjacent to an activating group) is 1. The number of piperazine rings is 2. The SMILES string of the molecule is Cc1[nH]c(C)c(C(=O)N2C[C@H](C)N(Cc3ccc(F)cc3)C[C@H]2C)c1C(=O)C(=O)N(C)C.Cc1cc(C(=O)N2C[C@H](C)N(Cc3ccc(F)cc3)C[C@H]2C)c(C)[nH]1. The number of aryl methyl sites for hydroxylation is 4. The minimum atomic E-state index is -0.684. The molecule has 11 nitrogen and oxygen atoms in total. The Balaban J connectivity index is 0.000000224. The fourth-order valence-electron chi connectivity index (χ4n) is 7.94. The monoisotopic (exact) mass is 785 g/mol.